The predicted octanol–water partition coefficient (Wildman–Crippen LogP) is 2.22. The van der Waals surface area contributed by atoms with Crippen LogP contribution in [-0.4, -0.2) is 27.1 Å². The van der Waals surface area contributed by atoms with E-state index in [2.05, 4.69) is 23.9 Å². The summed E-state index contributed by atoms with van der Waals surface area (Å²) in [7, 11) is -0.439. The quantitative estimate of drug-likeness (QED) is 0.489. The van der Waals surface area contributed by atoms with Gasteiger partial charge in [-0.3, -0.25) is 0 Å². The normalized spacial score (nSPS) is 13.3. The van der Waals surface area contributed by atoms with E-state index in [-0.39, 0.29) is 0 Å². The van der Waals surface area contributed by atoms with Crippen molar-refractivity contribution in [1.29, 1.82) is 0 Å². The third-order valence-electron chi connectivity index (χ3n) is 1.26. The van der Waals surface area contributed by atoms with Gasteiger partial charge in [-0.25, -0.2) is 0 Å². The molecule has 5 heteroatoms. The Kier molecular flexibility index (Phi) is 3.76. The summed E-state index contributed by atoms with van der Waals surface area (Å²) >= 11 is 11.5. The van der Waals surface area contributed by atoms with Crippen LogP contribution < -0.4 is 0 Å². The van der Waals surface area contributed by atoms with Crippen LogP contribution in [0.25, 0.3) is 0 Å². The van der Waals surface area contributed by atoms with Crippen molar-refractivity contribution in [2.24, 2.45) is 0 Å². The first-order valence-electron chi connectivity index (χ1n) is 2.77. The molecule has 1 nitrogen and oxygen atoms in total. The Morgan fingerprint density at radius 1 is 1.22 bits per heavy atom. The lowest BCUT2D eigenvalue weighted by Crippen LogP contribution is -2.47. The Hall–Kier alpha value is 0.974. The van der Waals surface area contributed by atoms with Gasteiger partial charge in [-0.2, -0.15) is 0 Å². The van der Waals surface area contributed by atoms with Gasteiger partial charge in [-0.15, -0.1) is 22.2 Å². The van der Waals surface area contributed by atoms with Crippen LogP contribution in [0.1, 0.15) is 0 Å². The molecule has 0 spiro atoms. The minimum absolute atomic E-state index is 1.21. The summed E-state index contributed by atoms with van der Waals surface area (Å²) < 4.78 is 2.13. The molecular weight excluding hydrogens is 189 g/mol. The zero-order chi connectivity index (χ0) is 7.65. The van der Waals surface area contributed by atoms with Gasteiger partial charge in [0.1, 0.15) is 8.24 Å². The summed E-state index contributed by atoms with van der Waals surface area (Å²) in [5, 5.41) is 0. The molecule has 0 saturated carbocycles. The van der Waals surface area contributed by atoms with Crippen LogP contribution in [0.5, 0.6) is 0 Å². The predicted molar refractivity (Wildman–Crippen MR) is 48.6 cm³/mol. The average Bonchev–Trinajstić information content (AvgIpc) is 1.62. The summed E-state index contributed by atoms with van der Waals surface area (Å²) in [6.45, 7) is 6.67. The maximum atomic E-state index is 5.74. The van der Waals surface area contributed by atoms with E-state index in [1.165, 1.54) is 0 Å². The van der Waals surface area contributed by atoms with Gasteiger partial charge in [0.15, 0.2) is 0 Å². The largest absolute Gasteiger partial charge is 0.353 e. The fourth-order valence-electron chi connectivity index (χ4n) is 0.254. The molecule has 0 aromatic rings. The van der Waals surface area contributed by atoms with Gasteiger partial charge in [-0.05, 0) is 7.05 Å². The number of halogens is 2. The van der Waals surface area contributed by atoms with Crippen LogP contribution in [0.15, 0.2) is 0 Å². The first-order valence-corrected chi connectivity index (χ1v) is 9.69. The smallest absolute Gasteiger partial charge is 0.324 e. The van der Waals surface area contributed by atoms with Crippen molar-refractivity contribution in [1.82, 2.24) is 4.23 Å². The van der Waals surface area contributed by atoms with E-state index in [4.69, 9.17) is 22.2 Å². The average molecular weight is 201 g/mol. The van der Waals surface area contributed by atoms with Crippen molar-refractivity contribution in [2.75, 3.05) is 7.05 Å². The van der Waals surface area contributed by atoms with Crippen LogP contribution in [0.4, 0.5) is 0 Å². The van der Waals surface area contributed by atoms with E-state index in [1.54, 1.807) is 0 Å². The minimum atomic E-state index is -1.23. The summed E-state index contributed by atoms with van der Waals surface area (Å²) in [4.78, 5) is 0. The Bertz CT molecular complexity index is 91.1. The van der Waals surface area contributed by atoms with Crippen molar-refractivity contribution in [3.63, 3.8) is 0 Å². The van der Waals surface area contributed by atoms with E-state index >= 15 is 0 Å². The highest BCUT2D eigenvalue weighted by atomic mass is 35.7. The molecule has 55 valence electrons. The van der Waals surface area contributed by atoms with Crippen LogP contribution in [0.3, 0.4) is 0 Å². The molecule has 0 aliphatic carbocycles. The van der Waals surface area contributed by atoms with Crippen LogP contribution in [-0.2, 0) is 0 Å². The van der Waals surface area contributed by atoms with E-state index in [0.29, 0.717) is 0 Å². The molecule has 0 unspecified atom stereocenters. The van der Waals surface area contributed by atoms with Gasteiger partial charge in [0.05, 0.1) is 0 Å². The Morgan fingerprint density at radius 2 is 1.56 bits per heavy atom. The highest BCUT2D eigenvalue weighted by Gasteiger charge is 2.26. The lowest BCUT2D eigenvalue weighted by molar-refractivity contribution is 0.808. The molecule has 0 saturated heterocycles. The van der Waals surface area contributed by atoms with Gasteiger partial charge in [-0.1, -0.05) is 19.6 Å². The standard InChI is InChI=1S/C4H12Cl2NSi2/c1-7(8(5)6)9(2,3)4/h1-4H3. The highest BCUT2D eigenvalue weighted by molar-refractivity contribution is 7.34. The van der Waals surface area contributed by atoms with Crippen molar-refractivity contribution < 1.29 is 0 Å². The van der Waals surface area contributed by atoms with Gasteiger partial charge in [0.25, 0.3) is 0 Å². The van der Waals surface area contributed by atoms with Crippen molar-refractivity contribution in [3.8, 4) is 0 Å². The molecule has 1 radical (unpaired) electrons. The summed E-state index contributed by atoms with van der Waals surface area (Å²) in [6.07, 6.45) is 0. The maximum Gasteiger partial charge on any atom is 0.353 e. The summed E-state index contributed by atoms with van der Waals surface area (Å²) in [6, 6.07) is 0. The third-order valence-corrected chi connectivity index (χ3v) is 8.83. The van der Waals surface area contributed by atoms with Crippen molar-refractivity contribution >= 4 is 38.0 Å². The van der Waals surface area contributed by atoms with Crippen LogP contribution >= 0.6 is 22.2 Å². The third kappa shape index (κ3) is 3.62. The number of nitrogens with zero attached hydrogens (tertiary/aromatic N) is 1. The monoisotopic (exact) mass is 200 g/mol. The fourth-order valence-corrected chi connectivity index (χ4v) is 6.85. The fraction of sp³-hybridized carbons (Fsp3) is 1.00. The zero-order valence-corrected chi connectivity index (χ0v) is 9.72. The molecule has 0 atom stereocenters. The van der Waals surface area contributed by atoms with Gasteiger partial charge < -0.3 is 4.23 Å². The van der Waals surface area contributed by atoms with Gasteiger partial charge >= 0.3 is 7.58 Å². The molecule has 0 aromatic carbocycles. The lowest BCUT2D eigenvalue weighted by Gasteiger charge is -2.29. The Balaban J connectivity index is 3.88. The molecule has 0 N–H and O–H groups in total. The molecule has 0 rings (SSSR count). The molecule has 0 heterocycles. The zero-order valence-electron chi connectivity index (χ0n) is 6.20. The summed E-state index contributed by atoms with van der Waals surface area (Å²) in [5.41, 5.74) is 0. The van der Waals surface area contributed by atoms with Crippen LogP contribution in [0, 0.1) is 0 Å². The van der Waals surface area contributed by atoms with E-state index < -0.39 is 15.8 Å². The molecule has 0 bridgehead atoms. The SMILES string of the molecule is CN([Si](Cl)Cl)[Si](C)(C)C. The molecule has 0 aliphatic rings. The lowest BCUT2D eigenvalue weighted by atomic mass is 11.6. The second-order valence-corrected chi connectivity index (χ2v) is 12.3. The van der Waals surface area contributed by atoms with Gasteiger partial charge in [0, 0.05) is 0 Å². The first-order chi connectivity index (χ1) is 3.85. The second-order valence-electron chi connectivity index (χ2n) is 2.97. The number of hydrogen-bond acceptors (Lipinski definition) is 1. The van der Waals surface area contributed by atoms with E-state index in [0.717, 1.165) is 0 Å². The van der Waals surface area contributed by atoms with Crippen molar-refractivity contribution in [3.05, 3.63) is 0 Å². The maximum absolute atomic E-state index is 5.74. The van der Waals surface area contributed by atoms with Crippen molar-refractivity contribution in [2.45, 2.75) is 19.6 Å². The molecule has 0 aromatic heterocycles. The number of rotatable bonds is 2. The van der Waals surface area contributed by atoms with E-state index in [9.17, 15) is 0 Å². The topological polar surface area (TPSA) is 3.24 Å². The van der Waals surface area contributed by atoms with Crippen LogP contribution in [0.2, 0.25) is 19.6 Å². The summed E-state index contributed by atoms with van der Waals surface area (Å²) in [5.74, 6) is 0. The molecular formula is C4H12Cl2NSi2. The van der Waals surface area contributed by atoms with E-state index in [1.807, 2.05) is 7.05 Å². The molecule has 0 fully saturated rings. The Morgan fingerprint density at radius 3 is 1.56 bits per heavy atom. The second kappa shape index (κ2) is 3.39. The van der Waals surface area contributed by atoms with Gasteiger partial charge in [0.2, 0.25) is 0 Å². The Labute approximate surface area is 69.1 Å². The highest BCUT2D eigenvalue weighted by Crippen LogP contribution is 2.12. The molecule has 0 amide bonds. The molecule has 9 heavy (non-hydrogen) atoms. The molecule has 0 aliphatic heterocycles. The number of hydrogen-bond donors (Lipinski definition) is 0. The first kappa shape index (κ1) is 9.97. The minimum Gasteiger partial charge on any atom is -0.324 e.